The lowest BCUT2D eigenvalue weighted by atomic mass is 10.1. The minimum atomic E-state index is -0.259. The topological polar surface area (TPSA) is 61.2 Å². The minimum absolute atomic E-state index is 0.147. The van der Waals surface area contributed by atoms with E-state index in [9.17, 15) is 14.0 Å². The number of benzene rings is 1. The van der Waals surface area contributed by atoms with E-state index in [0.29, 0.717) is 59.0 Å². The zero-order chi connectivity index (χ0) is 28.2. The van der Waals surface area contributed by atoms with Crippen molar-refractivity contribution in [2.75, 3.05) is 42.5 Å². The third-order valence-electron chi connectivity index (χ3n) is 7.47. The van der Waals surface area contributed by atoms with Crippen molar-refractivity contribution in [2.45, 2.75) is 46.0 Å². The summed E-state index contributed by atoms with van der Waals surface area (Å²) in [6.07, 6.45) is 8.88. The Kier molecular flexibility index (Phi) is 8.85. The molecule has 2 aromatic heterocycles. The fourth-order valence-electron chi connectivity index (χ4n) is 5.19. The maximum Gasteiger partial charge on any atom is 0.267 e. The molecule has 0 N–H and O–H groups in total. The molecule has 3 aromatic rings. The van der Waals surface area contributed by atoms with Crippen LogP contribution in [0.3, 0.4) is 0 Å². The van der Waals surface area contributed by atoms with Crippen LogP contribution in [0.1, 0.15) is 50.2 Å². The molecule has 0 bridgehead atoms. The lowest BCUT2D eigenvalue weighted by Gasteiger charge is -2.37. The number of pyridine rings is 1. The van der Waals surface area contributed by atoms with Crippen LogP contribution in [0, 0.1) is 12.7 Å². The maximum absolute atomic E-state index is 13.8. The lowest BCUT2D eigenvalue weighted by molar-refractivity contribution is -0.122. The summed E-state index contributed by atoms with van der Waals surface area (Å²) in [7, 11) is 0. The van der Waals surface area contributed by atoms with Crippen LogP contribution in [0.25, 0.3) is 11.7 Å². The van der Waals surface area contributed by atoms with E-state index in [4.69, 9.17) is 17.2 Å². The van der Waals surface area contributed by atoms with Crippen molar-refractivity contribution in [3.05, 3.63) is 74.8 Å². The van der Waals surface area contributed by atoms with E-state index in [2.05, 4.69) is 16.7 Å². The second-order valence-electron chi connectivity index (χ2n) is 10.2. The highest BCUT2D eigenvalue weighted by atomic mass is 32.2. The third kappa shape index (κ3) is 5.93. The van der Waals surface area contributed by atoms with Gasteiger partial charge in [0.1, 0.15) is 21.6 Å². The number of unbranched alkanes of at least 4 members (excludes halogenated alkanes) is 4. The Hall–Kier alpha value is -3.24. The number of aryl methyl sites for hydroxylation is 1. The highest BCUT2D eigenvalue weighted by molar-refractivity contribution is 8.26. The first-order valence-corrected chi connectivity index (χ1v) is 15.1. The van der Waals surface area contributed by atoms with Gasteiger partial charge in [0.25, 0.3) is 11.5 Å². The molecule has 210 valence electrons. The van der Waals surface area contributed by atoms with E-state index in [1.165, 1.54) is 36.7 Å². The highest BCUT2D eigenvalue weighted by Gasteiger charge is 2.33. The number of anilines is 2. The summed E-state index contributed by atoms with van der Waals surface area (Å²) >= 11 is 6.80. The normalized spacial score (nSPS) is 17.1. The van der Waals surface area contributed by atoms with Crippen LogP contribution in [-0.2, 0) is 4.79 Å². The molecule has 5 rings (SSSR count). The predicted molar refractivity (Wildman–Crippen MR) is 166 cm³/mol. The fraction of sp³-hybridized carbons (Fsp3) is 0.400. The number of hydrogen-bond donors (Lipinski definition) is 0. The molecule has 4 heterocycles. The summed E-state index contributed by atoms with van der Waals surface area (Å²) in [4.78, 5) is 38.6. The summed E-state index contributed by atoms with van der Waals surface area (Å²) in [6, 6.07) is 10.3. The predicted octanol–water partition coefficient (Wildman–Crippen LogP) is 5.64. The molecule has 0 aliphatic carbocycles. The molecule has 0 unspecified atom stereocenters. The van der Waals surface area contributed by atoms with Gasteiger partial charge in [-0.3, -0.25) is 18.9 Å². The first-order chi connectivity index (χ1) is 19.4. The van der Waals surface area contributed by atoms with Gasteiger partial charge >= 0.3 is 0 Å². The summed E-state index contributed by atoms with van der Waals surface area (Å²) in [6.45, 7) is 7.36. The van der Waals surface area contributed by atoms with Crippen LogP contribution in [-0.4, -0.2) is 57.2 Å². The van der Waals surface area contributed by atoms with Gasteiger partial charge in [-0.2, -0.15) is 0 Å². The summed E-state index contributed by atoms with van der Waals surface area (Å²) in [5, 5.41) is 0. The van der Waals surface area contributed by atoms with E-state index < -0.39 is 0 Å². The van der Waals surface area contributed by atoms with Crippen molar-refractivity contribution >= 4 is 57.4 Å². The molecule has 7 nitrogen and oxygen atoms in total. The van der Waals surface area contributed by atoms with Gasteiger partial charge in [-0.05, 0) is 55.3 Å². The zero-order valence-electron chi connectivity index (χ0n) is 22.9. The molecule has 0 saturated carbocycles. The Balaban J connectivity index is 1.44. The third-order valence-corrected chi connectivity index (χ3v) is 8.85. The number of amides is 1. The Morgan fingerprint density at radius 1 is 1.00 bits per heavy atom. The van der Waals surface area contributed by atoms with Crippen LogP contribution in [0.5, 0.6) is 0 Å². The SMILES string of the molecule is CCCCCCCN1C(=O)/C(=C\c2c(N3CCN(c4ccc(F)cc4)CC3)nc3c(C)cccn3c2=O)SC1=S. The van der Waals surface area contributed by atoms with Gasteiger partial charge < -0.3 is 9.80 Å². The standard InChI is InChI=1S/C30H34FN5O2S2/c1-3-4-5-6-7-14-36-29(38)25(40-30(36)39)20-24-27(32-26-21(2)9-8-15-35(26)28(24)37)34-18-16-33(17-19-34)23-12-10-22(31)11-13-23/h8-13,15,20H,3-7,14,16-19H2,1-2H3/b25-20+. The van der Waals surface area contributed by atoms with Crippen molar-refractivity contribution in [1.82, 2.24) is 14.3 Å². The summed E-state index contributed by atoms with van der Waals surface area (Å²) in [5.41, 5.74) is 2.63. The number of thiocarbonyl (C=S) groups is 1. The van der Waals surface area contributed by atoms with Crippen LogP contribution >= 0.6 is 24.0 Å². The van der Waals surface area contributed by atoms with Crippen molar-refractivity contribution in [1.29, 1.82) is 0 Å². The monoisotopic (exact) mass is 579 g/mol. The van der Waals surface area contributed by atoms with Gasteiger partial charge in [0.15, 0.2) is 0 Å². The van der Waals surface area contributed by atoms with E-state index in [1.807, 2.05) is 19.1 Å². The van der Waals surface area contributed by atoms with Gasteiger partial charge in [-0.25, -0.2) is 9.37 Å². The smallest absolute Gasteiger partial charge is 0.267 e. The van der Waals surface area contributed by atoms with E-state index in [0.717, 1.165) is 30.5 Å². The molecule has 0 spiro atoms. The summed E-state index contributed by atoms with van der Waals surface area (Å²) < 4.78 is 15.5. The molecule has 0 atom stereocenters. The number of carbonyl (C=O) groups excluding carboxylic acids is 1. The number of halogens is 1. The zero-order valence-corrected chi connectivity index (χ0v) is 24.6. The van der Waals surface area contributed by atoms with Crippen LogP contribution in [0.15, 0.2) is 52.3 Å². The Bertz CT molecular complexity index is 1500. The number of nitrogens with zero attached hydrogens (tertiary/aromatic N) is 5. The average Bonchev–Trinajstić information content (AvgIpc) is 3.22. The largest absolute Gasteiger partial charge is 0.368 e. The van der Waals surface area contributed by atoms with Gasteiger partial charge in [0.2, 0.25) is 0 Å². The summed E-state index contributed by atoms with van der Waals surface area (Å²) in [5.74, 6) is 0.166. The first-order valence-electron chi connectivity index (χ1n) is 13.9. The molecule has 1 aromatic carbocycles. The average molecular weight is 580 g/mol. The van der Waals surface area contributed by atoms with Crippen LogP contribution in [0.2, 0.25) is 0 Å². The number of fused-ring (bicyclic) bond motifs is 1. The first kappa shape index (κ1) is 28.3. The fourth-order valence-corrected chi connectivity index (χ4v) is 6.48. The Labute approximate surface area is 243 Å². The van der Waals surface area contributed by atoms with Gasteiger partial charge in [-0.15, -0.1) is 0 Å². The number of piperazine rings is 1. The van der Waals surface area contributed by atoms with E-state index in [1.54, 1.807) is 33.7 Å². The number of aromatic nitrogens is 2. The second kappa shape index (κ2) is 12.5. The number of rotatable bonds is 9. The van der Waals surface area contributed by atoms with Gasteiger partial charge in [0, 0.05) is 44.6 Å². The second-order valence-corrected chi connectivity index (χ2v) is 11.9. The highest BCUT2D eigenvalue weighted by Crippen LogP contribution is 2.34. The van der Waals surface area contributed by atoms with Gasteiger partial charge in [0.05, 0.1) is 10.5 Å². The minimum Gasteiger partial charge on any atom is -0.368 e. The molecular weight excluding hydrogens is 545 g/mol. The molecule has 40 heavy (non-hydrogen) atoms. The van der Waals surface area contributed by atoms with E-state index in [-0.39, 0.29) is 17.3 Å². The maximum atomic E-state index is 13.8. The molecule has 0 radical (unpaired) electrons. The lowest BCUT2D eigenvalue weighted by Crippen LogP contribution is -2.47. The molecule has 10 heteroatoms. The molecule has 1 amide bonds. The number of hydrogen-bond acceptors (Lipinski definition) is 7. The molecule has 2 aliphatic rings. The quantitative estimate of drug-likeness (QED) is 0.185. The van der Waals surface area contributed by atoms with Crippen molar-refractivity contribution in [2.24, 2.45) is 0 Å². The molecular formula is C30H34FN5O2S2. The van der Waals surface area contributed by atoms with E-state index >= 15 is 0 Å². The van der Waals surface area contributed by atoms with Crippen molar-refractivity contribution < 1.29 is 9.18 Å². The van der Waals surface area contributed by atoms with Crippen molar-refractivity contribution in [3.63, 3.8) is 0 Å². The Morgan fingerprint density at radius 3 is 2.42 bits per heavy atom. The van der Waals surface area contributed by atoms with Crippen molar-refractivity contribution in [3.8, 4) is 0 Å². The Morgan fingerprint density at radius 2 is 1.70 bits per heavy atom. The molecule has 2 fully saturated rings. The van der Waals surface area contributed by atoms with Crippen LogP contribution < -0.4 is 15.4 Å². The number of thioether (sulfide) groups is 1. The van der Waals surface area contributed by atoms with Crippen LogP contribution in [0.4, 0.5) is 15.9 Å². The molecule has 2 aliphatic heterocycles. The molecule has 2 saturated heterocycles. The number of carbonyl (C=O) groups is 1. The van der Waals surface area contributed by atoms with Gasteiger partial charge in [-0.1, -0.05) is 62.7 Å².